The molecule has 1 aromatic carbocycles. The monoisotopic (exact) mass is 380 g/mol. The standard InChI is InChI=1S/C18H18F2N2O5/c19-11-4-5-13(20)12(8-11)14(23)10-27-15(24)9-22-16(25)18(21-17(22)26)6-2-1-3-7-18/h4-5,8H,1-3,6-7,9-10H2,(H,21,26). The lowest BCUT2D eigenvalue weighted by atomic mass is 9.82. The molecule has 1 N–H and O–H groups in total. The summed E-state index contributed by atoms with van der Waals surface area (Å²) in [5.41, 5.74) is -1.50. The first-order valence-electron chi connectivity index (χ1n) is 8.60. The van der Waals surface area contributed by atoms with Gasteiger partial charge in [-0.05, 0) is 31.0 Å². The van der Waals surface area contributed by atoms with Crippen molar-refractivity contribution in [2.75, 3.05) is 13.2 Å². The van der Waals surface area contributed by atoms with Crippen molar-refractivity contribution in [2.24, 2.45) is 0 Å². The quantitative estimate of drug-likeness (QED) is 0.479. The molecule has 2 aliphatic rings. The summed E-state index contributed by atoms with van der Waals surface area (Å²) in [6.45, 7) is -1.47. The summed E-state index contributed by atoms with van der Waals surface area (Å²) in [4.78, 5) is 49.2. The molecule has 3 amide bonds. The van der Waals surface area contributed by atoms with Crippen LogP contribution in [0.15, 0.2) is 18.2 Å². The second-order valence-corrected chi connectivity index (χ2v) is 6.67. The van der Waals surface area contributed by atoms with Crippen molar-refractivity contribution in [1.29, 1.82) is 0 Å². The van der Waals surface area contributed by atoms with Gasteiger partial charge in [0.15, 0.2) is 6.61 Å². The number of ether oxygens (including phenoxy) is 1. The molecule has 144 valence electrons. The van der Waals surface area contributed by atoms with Crippen LogP contribution in [-0.4, -0.2) is 47.3 Å². The Morgan fingerprint density at radius 2 is 1.85 bits per heavy atom. The summed E-state index contributed by atoms with van der Waals surface area (Å²) < 4.78 is 31.4. The Labute approximate surface area is 153 Å². The van der Waals surface area contributed by atoms with E-state index in [0.29, 0.717) is 18.9 Å². The van der Waals surface area contributed by atoms with Crippen LogP contribution in [0.2, 0.25) is 0 Å². The van der Waals surface area contributed by atoms with Crippen molar-refractivity contribution >= 4 is 23.7 Å². The van der Waals surface area contributed by atoms with E-state index in [-0.39, 0.29) is 0 Å². The number of nitrogens with zero attached hydrogens (tertiary/aromatic N) is 1. The Hall–Kier alpha value is -2.84. The van der Waals surface area contributed by atoms with Gasteiger partial charge in [0.1, 0.15) is 23.7 Å². The Morgan fingerprint density at radius 1 is 1.15 bits per heavy atom. The molecule has 1 saturated carbocycles. The van der Waals surface area contributed by atoms with Gasteiger partial charge >= 0.3 is 12.0 Å². The van der Waals surface area contributed by atoms with Gasteiger partial charge in [-0.1, -0.05) is 19.3 Å². The first-order chi connectivity index (χ1) is 12.8. The van der Waals surface area contributed by atoms with Gasteiger partial charge in [0, 0.05) is 0 Å². The number of ketones is 1. The number of Topliss-reactive ketones (excluding diaryl/α,β-unsaturated/α-hetero) is 1. The number of urea groups is 1. The Balaban J connectivity index is 1.58. The predicted molar refractivity (Wildman–Crippen MR) is 87.7 cm³/mol. The van der Waals surface area contributed by atoms with Crippen LogP contribution in [0.5, 0.6) is 0 Å². The smallest absolute Gasteiger partial charge is 0.326 e. The molecule has 9 heteroatoms. The van der Waals surface area contributed by atoms with Gasteiger partial charge in [0.25, 0.3) is 5.91 Å². The third kappa shape index (κ3) is 3.81. The van der Waals surface area contributed by atoms with E-state index in [1.807, 2.05) is 0 Å². The van der Waals surface area contributed by atoms with Crippen LogP contribution in [0.3, 0.4) is 0 Å². The molecule has 1 aromatic rings. The lowest BCUT2D eigenvalue weighted by molar-refractivity contribution is -0.147. The fourth-order valence-corrected chi connectivity index (χ4v) is 3.42. The lowest BCUT2D eigenvalue weighted by Gasteiger charge is -2.30. The third-order valence-corrected chi connectivity index (χ3v) is 4.83. The van der Waals surface area contributed by atoms with E-state index >= 15 is 0 Å². The summed E-state index contributed by atoms with van der Waals surface area (Å²) >= 11 is 0. The van der Waals surface area contributed by atoms with E-state index in [2.05, 4.69) is 5.32 Å². The number of rotatable bonds is 5. The molecule has 1 aliphatic carbocycles. The van der Waals surface area contributed by atoms with Gasteiger partial charge < -0.3 is 10.1 Å². The SMILES string of the molecule is O=C(CN1C(=O)NC2(CCCCC2)C1=O)OCC(=O)c1cc(F)ccc1F. The Bertz CT molecular complexity index is 805. The molecule has 0 radical (unpaired) electrons. The molecule has 0 unspecified atom stereocenters. The van der Waals surface area contributed by atoms with Gasteiger partial charge in [-0.15, -0.1) is 0 Å². The molecule has 0 bridgehead atoms. The van der Waals surface area contributed by atoms with Gasteiger partial charge in [-0.3, -0.25) is 19.3 Å². The first-order valence-corrected chi connectivity index (χ1v) is 8.60. The average molecular weight is 380 g/mol. The van der Waals surface area contributed by atoms with E-state index in [9.17, 15) is 28.0 Å². The molecular weight excluding hydrogens is 362 g/mol. The Kier molecular flexibility index (Phi) is 5.20. The van der Waals surface area contributed by atoms with Crippen molar-refractivity contribution in [3.05, 3.63) is 35.4 Å². The molecular formula is C18H18F2N2O5. The molecule has 0 aromatic heterocycles. The molecule has 1 heterocycles. The summed E-state index contributed by atoms with van der Waals surface area (Å²) in [5, 5.41) is 2.65. The number of halogens is 2. The lowest BCUT2D eigenvalue weighted by Crippen LogP contribution is -2.48. The second kappa shape index (κ2) is 7.42. The number of hydrogen-bond acceptors (Lipinski definition) is 5. The highest BCUT2D eigenvalue weighted by Gasteiger charge is 2.51. The fraction of sp³-hybridized carbons (Fsp3) is 0.444. The van der Waals surface area contributed by atoms with Crippen LogP contribution in [-0.2, 0) is 14.3 Å². The molecule has 1 saturated heterocycles. The zero-order chi connectivity index (χ0) is 19.6. The molecule has 7 nitrogen and oxygen atoms in total. The van der Waals surface area contributed by atoms with E-state index in [0.717, 1.165) is 36.3 Å². The van der Waals surface area contributed by atoms with Crippen molar-refractivity contribution in [2.45, 2.75) is 37.6 Å². The second-order valence-electron chi connectivity index (χ2n) is 6.67. The topological polar surface area (TPSA) is 92.8 Å². The Morgan fingerprint density at radius 3 is 2.56 bits per heavy atom. The highest BCUT2D eigenvalue weighted by Crippen LogP contribution is 2.33. The minimum Gasteiger partial charge on any atom is -0.456 e. The van der Waals surface area contributed by atoms with Crippen LogP contribution >= 0.6 is 0 Å². The molecule has 1 aliphatic heterocycles. The van der Waals surface area contributed by atoms with Gasteiger partial charge in [-0.2, -0.15) is 0 Å². The van der Waals surface area contributed by atoms with Gasteiger partial charge in [-0.25, -0.2) is 13.6 Å². The number of imide groups is 1. The summed E-state index contributed by atoms with van der Waals surface area (Å²) in [5.74, 6) is -4.14. The van der Waals surface area contributed by atoms with Crippen LogP contribution in [0.1, 0.15) is 42.5 Å². The molecule has 3 rings (SSSR count). The number of amides is 3. The van der Waals surface area contributed by atoms with Crippen LogP contribution in [0.4, 0.5) is 13.6 Å². The maximum atomic E-state index is 13.5. The van der Waals surface area contributed by atoms with Crippen LogP contribution in [0, 0.1) is 11.6 Å². The van der Waals surface area contributed by atoms with Crippen molar-refractivity contribution < 1.29 is 32.7 Å². The highest BCUT2D eigenvalue weighted by molar-refractivity contribution is 6.08. The summed E-state index contributed by atoms with van der Waals surface area (Å²) in [7, 11) is 0. The van der Waals surface area contributed by atoms with Crippen molar-refractivity contribution in [3.8, 4) is 0 Å². The zero-order valence-electron chi connectivity index (χ0n) is 14.4. The van der Waals surface area contributed by atoms with Gasteiger partial charge in [0.05, 0.1) is 5.56 Å². The molecule has 27 heavy (non-hydrogen) atoms. The summed E-state index contributed by atoms with van der Waals surface area (Å²) in [6.07, 6.45) is 3.61. The van der Waals surface area contributed by atoms with Crippen LogP contribution < -0.4 is 5.32 Å². The maximum absolute atomic E-state index is 13.5. The normalized spacial score (nSPS) is 18.5. The fourth-order valence-electron chi connectivity index (χ4n) is 3.42. The number of esters is 1. The van der Waals surface area contributed by atoms with E-state index in [1.165, 1.54) is 0 Å². The number of benzene rings is 1. The van der Waals surface area contributed by atoms with E-state index in [1.54, 1.807) is 0 Å². The predicted octanol–water partition coefficient (Wildman–Crippen LogP) is 1.95. The third-order valence-electron chi connectivity index (χ3n) is 4.83. The van der Waals surface area contributed by atoms with Crippen molar-refractivity contribution in [3.63, 3.8) is 0 Å². The number of nitrogens with one attached hydrogen (secondary N) is 1. The molecule has 2 fully saturated rings. The summed E-state index contributed by atoms with van der Waals surface area (Å²) in [6, 6.07) is 1.68. The van der Waals surface area contributed by atoms with E-state index < -0.39 is 59.6 Å². The first kappa shape index (κ1) is 18.9. The zero-order valence-corrected chi connectivity index (χ0v) is 14.4. The van der Waals surface area contributed by atoms with Gasteiger partial charge in [0.2, 0.25) is 5.78 Å². The van der Waals surface area contributed by atoms with Crippen LogP contribution in [0.25, 0.3) is 0 Å². The number of hydrogen-bond donors (Lipinski definition) is 1. The largest absolute Gasteiger partial charge is 0.456 e. The highest BCUT2D eigenvalue weighted by atomic mass is 19.1. The molecule has 0 atom stereocenters. The minimum absolute atomic E-state index is 0.480. The molecule has 1 spiro atoms. The maximum Gasteiger partial charge on any atom is 0.326 e. The average Bonchev–Trinajstić information content (AvgIpc) is 2.86. The van der Waals surface area contributed by atoms with E-state index in [4.69, 9.17) is 4.74 Å². The number of carbonyl (C=O) groups is 4. The van der Waals surface area contributed by atoms with Crippen molar-refractivity contribution in [1.82, 2.24) is 10.2 Å². The minimum atomic E-state index is -0.989. The number of carbonyl (C=O) groups excluding carboxylic acids is 4.